The molecule has 5 heteroatoms. The molecule has 5 nitrogen and oxygen atoms in total. The van der Waals surface area contributed by atoms with Crippen LogP contribution in [-0.2, 0) is 0 Å². The van der Waals surface area contributed by atoms with Gasteiger partial charge in [-0.15, -0.1) is 5.10 Å². The lowest BCUT2D eigenvalue weighted by atomic mass is 10.2. The third-order valence-electron chi connectivity index (χ3n) is 2.61. The van der Waals surface area contributed by atoms with Gasteiger partial charge < -0.3 is 10.4 Å². The van der Waals surface area contributed by atoms with Crippen LogP contribution in [0.4, 0.5) is 5.95 Å². The molecule has 0 saturated carbocycles. The number of fused-ring (bicyclic) bond motifs is 1. The van der Waals surface area contributed by atoms with E-state index in [1.54, 1.807) is 4.52 Å². The Hall–Kier alpha value is -1.62. The maximum atomic E-state index is 8.66. The largest absolute Gasteiger partial charge is 0.396 e. The molecule has 2 aromatic heterocycles. The highest BCUT2D eigenvalue weighted by Gasteiger charge is 2.02. The van der Waals surface area contributed by atoms with Crippen molar-refractivity contribution >= 4 is 11.6 Å². The van der Waals surface area contributed by atoms with E-state index >= 15 is 0 Å². The number of aryl methyl sites for hydroxylation is 1. The average molecular weight is 234 g/mol. The van der Waals surface area contributed by atoms with Gasteiger partial charge in [-0.1, -0.05) is 0 Å². The van der Waals surface area contributed by atoms with E-state index in [2.05, 4.69) is 15.4 Å². The summed E-state index contributed by atoms with van der Waals surface area (Å²) in [6.45, 7) is 3.15. The van der Waals surface area contributed by atoms with Crippen LogP contribution < -0.4 is 5.32 Å². The van der Waals surface area contributed by atoms with Crippen LogP contribution in [-0.4, -0.2) is 32.9 Å². The summed E-state index contributed by atoms with van der Waals surface area (Å²) >= 11 is 0. The summed E-state index contributed by atoms with van der Waals surface area (Å²) in [7, 11) is 0. The summed E-state index contributed by atoms with van der Waals surface area (Å²) in [6.07, 6.45) is 4.82. The van der Waals surface area contributed by atoms with E-state index in [9.17, 15) is 0 Å². The number of anilines is 1. The number of rotatable bonds is 6. The molecule has 0 atom stereocenters. The van der Waals surface area contributed by atoms with Crippen molar-refractivity contribution in [2.45, 2.75) is 26.2 Å². The van der Waals surface area contributed by atoms with Gasteiger partial charge in [0.2, 0.25) is 5.95 Å². The van der Waals surface area contributed by atoms with Crippen molar-refractivity contribution in [3.8, 4) is 0 Å². The highest BCUT2D eigenvalue weighted by Crippen LogP contribution is 2.07. The van der Waals surface area contributed by atoms with E-state index in [4.69, 9.17) is 5.11 Å². The Morgan fingerprint density at radius 1 is 1.35 bits per heavy atom. The molecule has 0 aromatic carbocycles. The third-order valence-corrected chi connectivity index (χ3v) is 2.61. The zero-order valence-corrected chi connectivity index (χ0v) is 10.1. The first kappa shape index (κ1) is 11.9. The predicted octanol–water partition coefficient (Wildman–Crippen LogP) is 1.61. The molecule has 0 spiro atoms. The van der Waals surface area contributed by atoms with E-state index in [-0.39, 0.29) is 6.61 Å². The molecule has 0 bridgehead atoms. The first-order valence-electron chi connectivity index (χ1n) is 5.97. The summed E-state index contributed by atoms with van der Waals surface area (Å²) < 4.78 is 1.77. The molecule has 0 aliphatic carbocycles. The summed E-state index contributed by atoms with van der Waals surface area (Å²) in [4.78, 5) is 4.38. The molecule has 0 fully saturated rings. The summed E-state index contributed by atoms with van der Waals surface area (Å²) in [5.41, 5.74) is 2.04. The van der Waals surface area contributed by atoms with E-state index in [0.29, 0.717) is 5.95 Å². The number of hydrogen-bond acceptors (Lipinski definition) is 4. The van der Waals surface area contributed by atoms with Gasteiger partial charge in [0.15, 0.2) is 5.65 Å². The lowest BCUT2D eigenvalue weighted by Crippen LogP contribution is -2.03. The Bertz CT molecular complexity index is 480. The van der Waals surface area contributed by atoms with Gasteiger partial charge in [0.1, 0.15) is 0 Å². The van der Waals surface area contributed by atoms with Crippen LogP contribution in [0, 0.1) is 6.92 Å². The Balaban J connectivity index is 1.91. The van der Waals surface area contributed by atoms with E-state index in [0.717, 1.165) is 31.5 Å². The molecule has 2 rings (SSSR count). The minimum atomic E-state index is 0.270. The second-order valence-electron chi connectivity index (χ2n) is 4.15. The number of nitrogens with zero attached hydrogens (tertiary/aromatic N) is 3. The maximum absolute atomic E-state index is 8.66. The van der Waals surface area contributed by atoms with Crippen molar-refractivity contribution in [2.75, 3.05) is 18.5 Å². The smallest absolute Gasteiger partial charge is 0.243 e. The molecule has 0 saturated heterocycles. The Labute approximate surface area is 100 Å². The average Bonchev–Trinajstić information content (AvgIpc) is 2.70. The van der Waals surface area contributed by atoms with E-state index < -0.39 is 0 Å². The van der Waals surface area contributed by atoms with Gasteiger partial charge in [-0.05, 0) is 43.9 Å². The van der Waals surface area contributed by atoms with Crippen molar-refractivity contribution in [3.05, 3.63) is 23.9 Å². The topological polar surface area (TPSA) is 62.5 Å². The standard InChI is InChI=1S/C12H18N4O/c1-10-5-7-16-11(9-10)14-12(15-16)13-6-3-2-4-8-17/h5,7,9,17H,2-4,6,8H2,1H3,(H,13,15). The molecule has 0 radical (unpaired) electrons. The zero-order valence-electron chi connectivity index (χ0n) is 10.1. The molecule has 17 heavy (non-hydrogen) atoms. The fourth-order valence-corrected chi connectivity index (χ4v) is 1.67. The number of aliphatic hydroxyl groups is 1. The van der Waals surface area contributed by atoms with Gasteiger partial charge in [-0.2, -0.15) is 4.98 Å². The molecular formula is C12H18N4O. The summed E-state index contributed by atoms with van der Waals surface area (Å²) in [6, 6.07) is 4.01. The number of hydrogen-bond donors (Lipinski definition) is 2. The Morgan fingerprint density at radius 3 is 3.06 bits per heavy atom. The molecule has 92 valence electrons. The number of nitrogens with one attached hydrogen (secondary N) is 1. The number of aromatic nitrogens is 3. The zero-order chi connectivity index (χ0) is 12.1. The second-order valence-corrected chi connectivity index (χ2v) is 4.15. The van der Waals surface area contributed by atoms with Gasteiger partial charge in [0, 0.05) is 19.3 Å². The van der Waals surface area contributed by atoms with Gasteiger partial charge in [-0.3, -0.25) is 0 Å². The van der Waals surface area contributed by atoms with Crippen molar-refractivity contribution in [1.82, 2.24) is 14.6 Å². The summed E-state index contributed by atoms with van der Waals surface area (Å²) in [5, 5.41) is 16.2. The third kappa shape index (κ3) is 3.17. The Kier molecular flexibility index (Phi) is 3.93. The lowest BCUT2D eigenvalue weighted by Gasteiger charge is -1.99. The molecule has 2 N–H and O–H groups in total. The molecule has 2 aromatic rings. The van der Waals surface area contributed by atoms with Crippen molar-refractivity contribution < 1.29 is 5.11 Å². The molecule has 0 amide bonds. The van der Waals surface area contributed by atoms with Crippen LogP contribution in [0.5, 0.6) is 0 Å². The minimum absolute atomic E-state index is 0.270. The predicted molar refractivity (Wildman–Crippen MR) is 67.2 cm³/mol. The van der Waals surface area contributed by atoms with Gasteiger partial charge in [-0.25, -0.2) is 4.52 Å². The van der Waals surface area contributed by atoms with Crippen LogP contribution in [0.2, 0.25) is 0 Å². The van der Waals surface area contributed by atoms with Crippen molar-refractivity contribution in [3.63, 3.8) is 0 Å². The first-order chi connectivity index (χ1) is 8.29. The SMILES string of the molecule is Cc1ccn2nc(NCCCCCO)nc2c1. The minimum Gasteiger partial charge on any atom is -0.396 e. The lowest BCUT2D eigenvalue weighted by molar-refractivity contribution is 0.283. The van der Waals surface area contributed by atoms with Crippen molar-refractivity contribution in [2.24, 2.45) is 0 Å². The van der Waals surface area contributed by atoms with Gasteiger partial charge in [0.05, 0.1) is 0 Å². The van der Waals surface area contributed by atoms with Gasteiger partial charge >= 0.3 is 0 Å². The van der Waals surface area contributed by atoms with Crippen LogP contribution >= 0.6 is 0 Å². The fraction of sp³-hybridized carbons (Fsp3) is 0.500. The quantitative estimate of drug-likeness (QED) is 0.745. The fourth-order valence-electron chi connectivity index (χ4n) is 1.67. The number of aliphatic hydroxyl groups excluding tert-OH is 1. The van der Waals surface area contributed by atoms with E-state index in [1.807, 2.05) is 25.3 Å². The first-order valence-corrected chi connectivity index (χ1v) is 5.97. The Morgan fingerprint density at radius 2 is 2.24 bits per heavy atom. The molecule has 0 aliphatic heterocycles. The number of pyridine rings is 1. The maximum Gasteiger partial charge on any atom is 0.243 e. The molecule has 0 aliphatic rings. The van der Waals surface area contributed by atoms with Crippen molar-refractivity contribution in [1.29, 1.82) is 0 Å². The highest BCUT2D eigenvalue weighted by molar-refractivity contribution is 5.45. The highest BCUT2D eigenvalue weighted by atomic mass is 16.2. The molecule has 0 unspecified atom stereocenters. The molecular weight excluding hydrogens is 216 g/mol. The normalized spacial score (nSPS) is 10.9. The number of unbranched alkanes of at least 4 members (excludes halogenated alkanes) is 2. The van der Waals surface area contributed by atoms with Crippen LogP contribution in [0.3, 0.4) is 0 Å². The monoisotopic (exact) mass is 234 g/mol. The van der Waals surface area contributed by atoms with Gasteiger partial charge in [0.25, 0.3) is 0 Å². The van der Waals surface area contributed by atoms with Crippen LogP contribution in [0.1, 0.15) is 24.8 Å². The second kappa shape index (κ2) is 5.63. The summed E-state index contributed by atoms with van der Waals surface area (Å²) in [5.74, 6) is 0.666. The van der Waals surface area contributed by atoms with Crippen LogP contribution in [0.15, 0.2) is 18.3 Å². The molecule has 2 heterocycles. The van der Waals surface area contributed by atoms with Crippen LogP contribution in [0.25, 0.3) is 5.65 Å². The van der Waals surface area contributed by atoms with E-state index in [1.165, 1.54) is 5.56 Å².